The van der Waals surface area contributed by atoms with Crippen LogP contribution >= 0.6 is 11.8 Å². The highest BCUT2D eigenvalue weighted by Gasteiger charge is 2.15. The lowest BCUT2D eigenvalue weighted by Gasteiger charge is -2.13. The van der Waals surface area contributed by atoms with E-state index in [-0.39, 0.29) is 17.4 Å². The van der Waals surface area contributed by atoms with Crippen molar-refractivity contribution in [2.24, 2.45) is 0 Å². The second-order valence-corrected chi connectivity index (χ2v) is 9.68. The van der Waals surface area contributed by atoms with Crippen LogP contribution in [0.25, 0.3) is 5.69 Å². The van der Waals surface area contributed by atoms with E-state index in [0.717, 1.165) is 17.7 Å². The van der Waals surface area contributed by atoms with Gasteiger partial charge in [-0.25, -0.2) is 8.42 Å². The van der Waals surface area contributed by atoms with Crippen molar-refractivity contribution in [3.8, 4) is 11.4 Å². The maximum absolute atomic E-state index is 12.5. The van der Waals surface area contributed by atoms with E-state index >= 15 is 0 Å². The number of benzene rings is 2. The van der Waals surface area contributed by atoms with Gasteiger partial charge in [0.15, 0.2) is 5.16 Å². The Labute approximate surface area is 191 Å². The Bertz CT molecular complexity index is 1190. The number of anilines is 2. The molecular weight excluding hydrogens is 450 g/mol. The summed E-state index contributed by atoms with van der Waals surface area (Å²) in [5.74, 6) is 0.138. The molecule has 0 bridgehead atoms. The number of para-hydroxylation sites is 1. The van der Waals surface area contributed by atoms with Crippen molar-refractivity contribution in [1.82, 2.24) is 14.8 Å². The third-order valence-corrected chi connectivity index (χ3v) is 6.85. The zero-order valence-corrected chi connectivity index (χ0v) is 19.7. The molecule has 0 saturated carbocycles. The van der Waals surface area contributed by atoms with Crippen molar-refractivity contribution in [2.75, 3.05) is 28.7 Å². The third-order valence-electron chi connectivity index (χ3n) is 4.61. The smallest absolute Gasteiger partial charge is 0.234 e. The molecule has 0 aliphatic carbocycles. The van der Waals surface area contributed by atoms with Crippen molar-refractivity contribution < 1.29 is 17.9 Å². The Morgan fingerprint density at radius 1 is 1.19 bits per heavy atom. The van der Waals surface area contributed by atoms with Crippen molar-refractivity contribution >= 4 is 39.1 Å². The van der Waals surface area contributed by atoms with E-state index in [9.17, 15) is 13.2 Å². The van der Waals surface area contributed by atoms with Crippen LogP contribution in [0.1, 0.15) is 19.4 Å². The number of aryl methyl sites for hydroxylation is 1. The average Bonchev–Trinajstić information content (AvgIpc) is 3.27. The highest BCUT2D eigenvalue weighted by molar-refractivity contribution is 7.99. The summed E-state index contributed by atoms with van der Waals surface area (Å²) in [6.45, 7) is 3.62. The number of carbonyl (C=O) groups is 1. The first kappa shape index (κ1) is 23.6. The van der Waals surface area contributed by atoms with Gasteiger partial charge < -0.3 is 10.1 Å². The van der Waals surface area contributed by atoms with Gasteiger partial charge in [0.25, 0.3) is 0 Å². The monoisotopic (exact) mass is 475 g/mol. The van der Waals surface area contributed by atoms with E-state index in [1.54, 1.807) is 31.5 Å². The van der Waals surface area contributed by atoms with Gasteiger partial charge >= 0.3 is 0 Å². The molecule has 1 amide bonds. The number of aromatic nitrogens is 3. The van der Waals surface area contributed by atoms with Crippen LogP contribution in [0.15, 0.2) is 53.9 Å². The predicted octanol–water partition coefficient (Wildman–Crippen LogP) is 3.33. The molecule has 11 heteroatoms. The van der Waals surface area contributed by atoms with Crippen LogP contribution in [-0.4, -0.2) is 47.7 Å². The number of nitrogens with zero attached hydrogens (tertiary/aromatic N) is 3. The molecule has 9 nitrogen and oxygen atoms in total. The van der Waals surface area contributed by atoms with Crippen molar-refractivity contribution in [1.29, 1.82) is 0 Å². The fourth-order valence-corrected chi connectivity index (χ4v) is 4.32. The summed E-state index contributed by atoms with van der Waals surface area (Å²) in [6, 6.07) is 12.7. The molecule has 2 aromatic carbocycles. The number of thioether (sulfide) groups is 1. The summed E-state index contributed by atoms with van der Waals surface area (Å²) in [5.41, 5.74) is 2.94. The number of nitrogens with one attached hydrogen (secondary N) is 2. The van der Waals surface area contributed by atoms with Gasteiger partial charge in [0.2, 0.25) is 15.9 Å². The SMILES string of the molecule is CCc1ccccc1-n1cnnc1SCC(=O)Nc1ccc(NS(=O)(=O)CC)c(OC)c1. The molecule has 0 unspecified atom stereocenters. The molecule has 0 fully saturated rings. The third kappa shape index (κ3) is 5.80. The lowest BCUT2D eigenvalue weighted by atomic mass is 10.1. The van der Waals surface area contributed by atoms with Gasteiger partial charge in [0.05, 0.1) is 30.0 Å². The second kappa shape index (κ2) is 10.5. The van der Waals surface area contributed by atoms with Crippen molar-refractivity contribution in [2.45, 2.75) is 25.4 Å². The summed E-state index contributed by atoms with van der Waals surface area (Å²) >= 11 is 1.27. The Kier molecular flexibility index (Phi) is 7.75. The standard InChI is InChI=1S/C21H25N5O4S2/c1-4-15-8-6-7-9-18(15)26-14-22-24-21(26)31-13-20(27)23-16-10-11-17(19(12-16)30-3)25-32(28,29)5-2/h6-12,14,25H,4-5,13H2,1-3H3,(H,23,27). The molecule has 0 atom stereocenters. The van der Waals surface area contributed by atoms with E-state index in [4.69, 9.17) is 4.74 Å². The van der Waals surface area contributed by atoms with Crippen LogP contribution < -0.4 is 14.8 Å². The molecule has 3 aromatic rings. The summed E-state index contributed by atoms with van der Waals surface area (Å²) in [6.07, 6.45) is 2.50. The van der Waals surface area contributed by atoms with Crippen LogP contribution in [0.3, 0.4) is 0 Å². The molecule has 0 spiro atoms. The number of rotatable bonds is 10. The van der Waals surface area contributed by atoms with Gasteiger partial charge in [-0.15, -0.1) is 10.2 Å². The predicted molar refractivity (Wildman–Crippen MR) is 126 cm³/mol. The number of hydrogen-bond donors (Lipinski definition) is 2. The molecule has 170 valence electrons. The largest absolute Gasteiger partial charge is 0.494 e. The quantitative estimate of drug-likeness (QED) is 0.432. The van der Waals surface area contributed by atoms with E-state index in [0.29, 0.717) is 22.3 Å². The van der Waals surface area contributed by atoms with E-state index in [1.807, 2.05) is 28.8 Å². The molecule has 3 rings (SSSR count). The summed E-state index contributed by atoms with van der Waals surface area (Å²) in [4.78, 5) is 12.5. The zero-order chi connectivity index (χ0) is 23.1. The van der Waals surface area contributed by atoms with Crippen LogP contribution in [-0.2, 0) is 21.2 Å². The van der Waals surface area contributed by atoms with E-state index in [2.05, 4.69) is 27.2 Å². The lowest BCUT2D eigenvalue weighted by molar-refractivity contribution is -0.113. The fraction of sp³-hybridized carbons (Fsp3) is 0.286. The normalized spacial score (nSPS) is 11.2. The minimum absolute atomic E-state index is 0.0563. The highest BCUT2D eigenvalue weighted by Crippen LogP contribution is 2.29. The van der Waals surface area contributed by atoms with E-state index < -0.39 is 10.0 Å². The van der Waals surface area contributed by atoms with Gasteiger partial charge in [-0.1, -0.05) is 36.9 Å². The molecule has 0 aliphatic rings. The summed E-state index contributed by atoms with van der Waals surface area (Å²) in [7, 11) is -2.01. The number of ether oxygens (including phenoxy) is 1. The van der Waals surface area contributed by atoms with Crippen LogP contribution in [0.4, 0.5) is 11.4 Å². The van der Waals surface area contributed by atoms with Gasteiger partial charge in [-0.2, -0.15) is 0 Å². The second-order valence-electron chi connectivity index (χ2n) is 6.72. The molecule has 0 aliphatic heterocycles. The number of hydrogen-bond acceptors (Lipinski definition) is 7. The molecule has 2 N–H and O–H groups in total. The Morgan fingerprint density at radius 2 is 1.97 bits per heavy atom. The highest BCUT2D eigenvalue weighted by atomic mass is 32.2. The Hall–Kier alpha value is -3.05. The van der Waals surface area contributed by atoms with Crippen molar-refractivity contribution in [3.05, 3.63) is 54.4 Å². The van der Waals surface area contributed by atoms with Gasteiger partial charge in [-0.05, 0) is 37.1 Å². The zero-order valence-electron chi connectivity index (χ0n) is 18.0. The topological polar surface area (TPSA) is 115 Å². The minimum Gasteiger partial charge on any atom is -0.494 e. The first-order chi connectivity index (χ1) is 15.4. The average molecular weight is 476 g/mol. The number of carbonyl (C=O) groups excluding carboxylic acids is 1. The minimum atomic E-state index is -3.44. The maximum Gasteiger partial charge on any atom is 0.234 e. The maximum atomic E-state index is 12.5. The molecule has 32 heavy (non-hydrogen) atoms. The van der Waals surface area contributed by atoms with Gasteiger partial charge in [0, 0.05) is 11.8 Å². The number of amides is 1. The summed E-state index contributed by atoms with van der Waals surface area (Å²) in [5, 5.41) is 11.5. The molecule has 1 aromatic heterocycles. The lowest BCUT2D eigenvalue weighted by Crippen LogP contribution is -2.16. The summed E-state index contributed by atoms with van der Waals surface area (Å²) < 4.78 is 33.2. The van der Waals surface area contributed by atoms with Crippen LogP contribution in [0.2, 0.25) is 0 Å². The number of sulfonamides is 1. The van der Waals surface area contributed by atoms with E-state index in [1.165, 1.54) is 18.9 Å². The van der Waals surface area contributed by atoms with Gasteiger partial charge in [0.1, 0.15) is 12.1 Å². The van der Waals surface area contributed by atoms with Crippen LogP contribution in [0, 0.1) is 0 Å². The Balaban J connectivity index is 1.67. The molecular formula is C21H25N5O4S2. The Morgan fingerprint density at radius 3 is 2.69 bits per heavy atom. The molecule has 0 radical (unpaired) electrons. The van der Waals surface area contributed by atoms with Gasteiger partial charge in [-0.3, -0.25) is 14.1 Å². The van der Waals surface area contributed by atoms with Crippen LogP contribution in [0.5, 0.6) is 5.75 Å². The number of methoxy groups -OCH3 is 1. The molecule has 1 heterocycles. The molecule has 0 saturated heterocycles. The fourth-order valence-electron chi connectivity index (χ4n) is 2.95. The first-order valence-corrected chi connectivity index (χ1v) is 12.6. The van der Waals surface area contributed by atoms with Crippen molar-refractivity contribution in [3.63, 3.8) is 0 Å². The first-order valence-electron chi connectivity index (χ1n) is 9.96.